The summed E-state index contributed by atoms with van der Waals surface area (Å²) in [6.07, 6.45) is -0.290. The lowest BCUT2D eigenvalue weighted by Gasteiger charge is -2.08. The van der Waals surface area contributed by atoms with Crippen LogP contribution in [0, 0.1) is 0 Å². The lowest BCUT2D eigenvalue weighted by molar-refractivity contribution is -0.152. The molecular weight excluding hydrogens is 216 g/mol. The van der Waals surface area contributed by atoms with Gasteiger partial charge in [-0.05, 0) is 13.8 Å². The summed E-state index contributed by atoms with van der Waals surface area (Å²) < 4.78 is 4.61. The third-order valence-corrected chi connectivity index (χ3v) is 1.54. The fourth-order valence-corrected chi connectivity index (χ4v) is 0.501. The molecule has 11 heavy (non-hydrogen) atoms. The van der Waals surface area contributed by atoms with Crippen LogP contribution in [0.4, 0.5) is 0 Å². The van der Waals surface area contributed by atoms with Crippen molar-refractivity contribution in [3.05, 3.63) is 0 Å². The Balaban J connectivity index is 3.93. The topological polar surface area (TPSA) is 63.6 Å². The van der Waals surface area contributed by atoms with Crippen LogP contribution in [0.3, 0.4) is 0 Å². The first-order valence-electron chi connectivity index (χ1n) is 3.02. The molecule has 1 N–H and O–H groups in total. The standard InChI is InChI=1S/C6H9BrO4/c1-3(2)11-6(10)4(7)5(8)9/h3-4H,1-2H3,(H,8,9). The predicted octanol–water partition coefficient (Wildman–Crippen LogP) is 0.786. The lowest BCUT2D eigenvalue weighted by Crippen LogP contribution is -2.27. The molecule has 4 nitrogen and oxygen atoms in total. The van der Waals surface area contributed by atoms with E-state index in [0.717, 1.165) is 0 Å². The van der Waals surface area contributed by atoms with Gasteiger partial charge in [0.05, 0.1) is 6.10 Å². The molecule has 0 aliphatic rings. The van der Waals surface area contributed by atoms with Crippen LogP contribution in [0.2, 0.25) is 0 Å². The Hall–Kier alpha value is -0.580. The van der Waals surface area contributed by atoms with E-state index in [1.807, 2.05) is 0 Å². The Kier molecular flexibility index (Phi) is 4.10. The second-order valence-corrected chi connectivity index (χ2v) is 3.10. The number of esters is 1. The van der Waals surface area contributed by atoms with E-state index < -0.39 is 16.8 Å². The van der Waals surface area contributed by atoms with Crippen molar-refractivity contribution >= 4 is 27.9 Å². The van der Waals surface area contributed by atoms with E-state index in [9.17, 15) is 9.59 Å². The molecule has 0 radical (unpaired) electrons. The van der Waals surface area contributed by atoms with Gasteiger partial charge in [0, 0.05) is 0 Å². The minimum Gasteiger partial charge on any atom is -0.480 e. The maximum absolute atomic E-state index is 10.7. The summed E-state index contributed by atoms with van der Waals surface area (Å²) in [5.74, 6) is -2.01. The maximum atomic E-state index is 10.7. The van der Waals surface area contributed by atoms with Crippen LogP contribution >= 0.6 is 15.9 Å². The molecule has 0 aliphatic heterocycles. The number of rotatable bonds is 3. The molecule has 0 aromatic carbocycles. The van der Waals surface area contributed by atoms with Gasteiger partial charge in [-0.15, -0.1) is 0 Å². The van der Waals surface area contributed by atoms with Gasteiger partial charge in [0.15, 0.2) is 0 Å². The number of aliphatic carboxylic acids is 1. The number of carboxylic acid groups (broad SMARTS) is 1. The quantitative estimate of drug-likeness (QED) is 0.438. The van der Waals surface area contributed by atoms with Crippen LogP contribution in [0.5, 0.6) is 0 Å². The number of hydrogen-bond donors (Lipinski definition) is 1. The highest BCUT2D eigenvalue weighted by atomic mass is 79.9. The molecule has 0 heterocycles. The minimum atomic E-state index is -1.26. The highest BCUT2D eigenvalue weighted by Crippen LogP contribution is 2.04. The van der Waals surface area contributed by atoms with Gasteiger partial charge >= 0.3 is 11.9 Å². The molecular formula is C6H9BrO4. The Bertz CT molecular complexity index is 166. The molecule has 0 fully saturated rings. The Morgan fingerprint density at radius 3 is 2.18 bits per heavy atom. The summed E-state index contributed by atoms with van der Waals surface area (Å²) in [6.45, 7) is 3.30. The van der Waals surface area contributed by atoms with Gasteiger partial charge < -0.3 is 9.84 Å². The van der Waals surface area contributed by atoms with Gasteiger partial charge in [-0.25, -0.2) is 0 Å². The first kappa shape index (κ1) is 10.4. The molecule has 0 aromatic rings. The van der Waals surface area contributed by atoms with Crippen molar-refractivity contribution in [1.82, 2.24) is 0 Å². The fourth-order valence-electron chi connectivity index (χ4n) is 0.393. The van der Waals surface area contributed by atoms with Crippen LogP contribution in [0.1, 0.15) is 13.8 Å². The van der Waals surface area contributed by atoms with Crippen LogP contribution in [0.25, 0.3) is 0 Å². The molecule has 0 spiro atoms. The Labute approximate surface area is 72.7 Å². The number of carboxylic acids is 1. The first-order valence-corrected chi connectivity index (χ1v) is 3.94. The summed E-state index contributed by atoms with van der Waals surface area (Å²) in [5, 5.41) is 8.32. The molecule has 5 heteroatoms. The summed E-state index contributed by atoms with van der Waals surface area (Å²) >= 11 is 2.66. The van der Waals surface area contributed by atoms with E-state index in [1.165, 1.54) is 0 Å². The molecule has 0 bridgehead atoms. The normalized spacial score (nSPS) is 12.7. The third kappa shape index (κ3) is 3.98. The molecule has 1 unspecified atom stereocenters. The summed E-state index contributed by atoms with van der Waals surface area (Å²) in [7, 11) is 0. The number of alkyl halides is 1. The Morgan fingerprint density at radius 2 is 1.91 bits per heavy atom. The number of carbonyl (C=O) groups is 2. The molecule has 0 saturated heterocycles. The molecule has 1 atom stereocenters. The molecule has 64 valence electrons. The second kappa shape index (κ2) is 4.33. The highest BCUT2D eigenvalue weighted by molar-refractivity contribution is 9.10. The number of hydrogen-bond acceptors (Lipinski definition) is 3. The summed E-state index contributed by atoms with van der Waals surface area (Å²) in [4.78, 5) is 19.7. The second-order valence-electron chi connectivity index (χ2n) is 2.19. The van der Waals surface area contributed by atoms with Gasteiger partial charge in [-0.3, -0.25) is 9.59 Å². The van der Waals surface area contributed by atoms with Crippen molar-refractivity contribution in [1.29, 1.82) is 0 Å². The predicted molar refractivity (Wildman–Crippen MR) is 41.6 cm³/mol. The number of carbonyl (C=O) groups excluding carboxylic acids is 1. The van der Waals surface area contributed by atoms with Crippen molar-refractivity contribution < 1.29 is 19.4 Å². The van der Waals surface area contributed by atoms with Crippen molar-refractivity contribution in [3.8, 4) is 0 Å². The molecule has 0 aromatic heterocycles. The molecule has 0 amide bonds. The average Bonchev–Trinajstić information content (AvgIpc) is 1.84. The Morgan fingerprint density at radius 1 is 1.45 bits per heavy atom. The van der Waals surface area contributed by atoms with Crippen LogP contribution in [-0.2, 0) is 14.3 Å². The SMILES string of the molecule is CC(C)OC(=O)C(Br)C(=O)O. The summed E-state index contributed by atoms with van der Waals surface area (Å²) in [5.41, 5.74) is 0. The van der Waals surface area contributed by atoms with Crippen molar-refractivity contribution in [2.75, 3.05) is 0 Å². The lowest BCUT2D eigenvalue weighted by atomic mass is 10.4. The van der Waals surface area contributed by atoms with Crippen molar-refractivity contribution in [2.24, 2.45) is 0 Å². The maximum Gasteiger partial charge on any atom is 0.331 e. The van der Waals surface area contributed by atoms with E-state index in [4.69, 9.17) is 5.11 Å². The van der Waals surface area contributed by atoms with Gasteiger partial charge in [-0.2, -0.15) is 0 Å². The zero-order valence-corrected chi connectivity index (χ0v) is 7.79. The number of ether oxygens (including phenoxy) is 1. The molecule has 0 saturated carbocycles. The van der Waals surface area contributed by atoms with E-state index in [-0.39, 0.29) is 6.10 Å². The number of halogens is 1. The van der Waals surface area contributed by atoms with Crippen molar-refractivity contribution in [3.63, 3.8) is 0 Å². The van der Waals surface area contributed by atoms with Gasteiger partial charge in [0.25, 0.3) is 0 Å². The minimum absolute atomic E-state index is 0.290. The smallest absolute Gasteiger partial charge is 0.331 e. The molecule has 0 aliphatic carbocycles. The van der Waals surface area contributed by atoms with E-state index in [2.05, 4.69) is 20.7 Å². The van der Waals surface area contributed by atoms with Gasteiger partial charge in [0.2, 0.25) is 4.83 Å². The largest absolute Gasteiger partial charge is 0.480 e. The zero-order valence-electron chi connectivity index (χ0n) is 6.20. The molecule has 0 rings (SSSR count). The zero-order chi connectivity index (χ0) is 9.02. The van der Waals surface area contributed by atoms with Gasteiger partial charge in [-0.1, -0.05) is 15.9 Å². The van der Waals surface area contributed by atoms with Crippen LogP contribution < -0.4 is 0 Å². The monoisotopic (exact) mass is 224 g/mol. The van der Waals surface area contributed by atoms with Crippen LogP contribution in [-0.4, -0.2) is 28.0 Å². The van der Waals surface area contributed by atoms with Crippen LogP contribution in [0.15, 0.2) is 0 Å². The highest BCUT2D eigenvalue weighted by Gasteiger charge is 2.24. The van der Waals surface area contributed by atoms with Gasteiger partial charge in [0.1, 0.15) is 0 Å². The average molecular weight is 225 g/mol. The van der Waals surface area contributed by atoms with E-state index >= 15 is 0 Å². The first-order chi connectivity index (χ1) is 4.95. The third-order valence-electron chi connectivity index (χ3n) is 0.776. The van der Waals surface area contributed by atoms with Crippen molar-refractivity contribution in [2.45, 2.75) is 24.8 Å². The fraction of sp³-hybridized carbons (Fsp3) is 0.667. The van der Waals surface area contributed by atoms with E-state index in [1.54, 1.807) is 13.8 Å². The summed E-state index contributed by atoms with van der Waals surface area (Å²) in [6, 6.07) is 0. The van der Waals surface area contributed by atoms with E-state index in [0.29, 0.717) is 0 Å².